The first kappa shape index (κ1) is 11.3. The highest BCUT2D eigenvalue weighted by molar-refractivity contribution is 5.45. The van der Waals surface area contributed by atoms with Crippen molar-refractivity contribution in [2.45, 2.75) is 39.0 Å². The molecule has 0 spiro atoms. The highest BCUT2D eigenvalue weighted by Crippen LogP contribution is 2.34. The highest BCUT2D eigenvalue weighted by atomic mass is 16.5. The lowest BCUT2D eigenvalue weighted by Gasteiger charge is -2.22. The Labute approximate surface area is 97.6 Å². The van der Waals surface area contributed by atoms with E-state index in [9.17, 15) is 0 Å². The zero-order valence-electron chi connectivity index (χ0n) is 10.4. The average molecular weight is 220 g/mol. The summed E-state index contributed by atoms with van der Waals surface area (Å²) in [6, 6.07) is 6.27. The molecule has 1 aliphatic heterocycles. The van der Waals surface area contributed by atoms with Gasteiger partial charge >= 0.3 is 0 Å². The van der Waals surface area contributed by atoms with E-state index in [1.165, 1.54) is 5.56 Å². The normalized spacial score (nSPS) is 16.4. The van der Waals surface area contributed by atoms with Crippen LogP contribution in [0.5, 0.6) is 11.5 Å². The lowest BCUT2D eigenvalue weighted by molar-refractivity contribution is 0.223. The van der Waals surface area contributed by atoms with Gasteiger partial charge in [-0.1, -0.05) is 26.8 Å². The average Bonchev–Trinajstić information content (AvgIpc) is 2.16. The van der Waals surface area contributed by atoms with Gasteiger partial charge in [-0.2, -0.15) is 0 Å². The van der Waals surface area contributed by atoms with Gasteiger partial charge in [0.05, 0.1) is 13.2 Å². The number of benzene rings is 1. The quantitative estimate of drug-likeness (QED) is 0.666. The van der Waals surface area contributed by atoms with Crippen LogP contribution in [0, 0.1) is 0 Å². The van der Waals surface area contributed by atoms with Crippen molar-refractivity contribution in [1.82, 2.24) is 0 Å². The van der Waals surface area contributed by atoms with Crippen LogP contribution in [-0.2, 0) is 5.41 Å². The summed E-state index contributed by atoms with van der Waals surface area (Å²) in [6.07, 6.45) is 2.14. The van der Waals surface area contributed by atoms with E-state index in [2.05, 4.69) is 32.9 Å². The summed E-state index contributed by atoms with van der Waals surface area (Å²) in [7, 11) is 0. The van der Waals surface area contributed by atoms with Crippen LogP contribution in [0.2, 0.25) is 0 Å². The SMILES string of the molecule is CC(C)(C)c1ccc2c(c1)OCCCCO2. The molecule has 2 heteroatoms. The van der Waals surface area contributed by atoms with Crippen molar-refractivity contribution in [3.8, 4) is 11.5 Å². The molecule has 88 valence electrons. The second-order valence-electron chi connectivity index (χ2n) is 5.32. The molecular weight excluding hydrogens is 200 g/mol. The van der Waals surface area contributed by atoms with E-state index >= 15 is 0 Å². The van der Waals surface area contributed by atoms with Crippen molar-refractivity contribution in [3.05, 3.63) is 23.8 Å². The molecule has 0 amide bonds. The Balaban J connectivity index is 2.32. The summed E-state index contributed by atoms with van der Waals surface area (Å²) in [6.45, 7) is 8.21. The Kier molecular flexibility index (Phi) is 3.08. The third-order valence-corrected chi connectivity index (χ3v) is 2.86. The van der Waals surface area contributed by atoms with Gasteiger partial charge in [0, 0.05) is 0 Å². The maximum Gasteiger partial charge on any atom is 0.161 e. The van der Waals surface area contributed by atoms with Gasteiger partial charge in [0.15, 0.2) is 11.5 Å². The van der Waals surface area contributed by atoms with Crippen LogP contribution in [0.4, 0.5) is 0 Å². The molecule has 0 bridgehead atoms. The molecule has 0 atom stereocenters. The topological polar surface area (TPSA) is 18.5 Å². The molecule has 2 rings (SSSR count). The minimum atomic E-state index is 0.154. The number of fused-ring (bicyclic) bond motifs is 1. The zero-order chi connectivity index (χ0) is 11.6. The number of hydrogen-bond acceptors (Lipinski definition) is 2. The highest BCUT2D eigenvalue weighted by Gasteiger charge is 2.17. The summed E-state index contributed by atoms with van der Waals surface area (Å²) in [5, 5.41) is 0. The number of ether oxygens (including phenoxy) is 2. The molecule has 0 aliphatic carbocycles. The standard InChI is InChI=1S/C14H20O2/c1-14(2,3)11-6-7-12-13(10-11)16-9-5-4-8-15-12/h6-7,10H,4-5,8-9H2,1-3H3. The first-order valence-corrected chi connectivity index (χ1v) is 5.97. The van der Waals surface area contributed by atoms with Crippen molar-refractivity contribution in [2.24, 2.45) is 0 Å². The van der Waals surface area contributed by atoms with Gasteiger partial charge in [-0.25, -0.2) is 0 Å². The van der Waals surface area contributed by atoms with Crippen molar-refractivity contribution >= 4 is 0 Å². The molecule has 1 aliphatic rings. The summed E-state index contributed by atoms with van der Waals surface area (Å²) < 4.78 is 11.4. The molecule has 0 aromatic heterocycles. The Morgan fingerprint density at radius 3 is 2.19 bits per heavy atom. The lowest BCUT2D eigenvalue weighted by Crippen LogP contribution is -2.13. The molecule has 0 unspecified atom stereocenters. The van der Waals surface area contributed by atoms with Gasteiger partial charge in [0.25, 0.3) is 0 Å². The summed E-state index contributed by atoms with van der Waals surface area (Å²) >= 11 is 0. The van der Waals surface area contributed by atoms with Crippen LogP contribution in [0.3, 0.4) is 0 Å². The molecule has 1 aromatic rings. The van der Waals surface area contributed by atoms with Crippen LogP contribution in [-0.4, -0.2) is 13.2 Å². The Bertz CT molecular complexity index is 363. The molecule has 0 N–H and O–H groups in total. The lowest BCUT2D eigenvalue weighted by atomic mass is 9.87. The minimum Gasteiger partial charge on any atom is -0.490 e. The van der Waals surface area contributed by atoms with E-state index < -0.39 is 0 Å². The fraction of sp³-hybridized carbons (Fsp3) is 0.571. The summed E-state index contributed by atoms with van der Waals surface area (Å²) in [4.78, 5) is 0. The van der Waals surface area contributed by atoms with Crippen LogP contribution in [0.15, 0.2) is 18.2 Å². The van der Waals surface area contributed by atoms with Gasteiger partial charge < -0.3 is 9.47 Å². The Morgan fingerprint density at radius 1 is 0.938 bits per heavy atom. The second kappa shape index (κ2) is 4.36. The van der Waals surface area contributed by atoms with E-state index in [1.807, 2.05) is 6.07 Å². The van der Waals surface area contributed by atoms with E-state index in [0.29, 0.717) is 0 Å². The maximum atomic E-state index is 5.74. The van der Waals surface area contributed by atoms with Crippen molar-refractivity contribution in [1.29, 1.82) is 0 Å². The van der Waals surface area contributed by atoms with Gasteiger partial charge in [0.2, 0.25) is 0 Å². The van der Waals surface area contributed by atoms with Gasteiger partial charge in [-0.3, -0.25) is 0 Å². The monoisotopic (exact) mass is 220 g/mol. The summed E-state index contributed by atoms with van der Waals surface area (Å²) in [5.41, 5.74) is 1.44. The number of hydrogen-bond donors (Lipinski definition) is 0. The predicted molar refractivity (Wildman–Crippen MR) is 65.4 cm³/mol. The van der Waals surface area contributed by atoms with Gasteiger partial charge in [-0.15, -0.1) is 0 Å². The first-order valence-electron chi connectivity index (χ1n) is 5.97. The molecule has 0 saturated carbocycles. The van der Waals surface area contributed by atoms with E-state index in [-0.39, 0.29) is 5.41 Å². The molecule has 0 radical (unpaired) electrons. The van der Waals surface area contributed by atoms with Gasteiger partial charge in [0.1, 0.15) is 0 Å². The van der Waals surface area contributed by atoms with Crippen LogP contribution in [0.25, 0.3) is 0 Å². The largest absolute Gasteiger partial charge is 0.490 e. The van der Waals surface area contributed by atoms with Crippen LogP contribution >= 0.6 is 0 Å². The zero-order valence-corrected chi connectivity index (χ0v) is 10.4. The fourth-order valence-electron chi connectivity index (χ4n) is 1.77. The van der Waals surface area contributed by atoms with Crippen molar-refractivity contribution in [3.63, 3.8) is 0 Å². The molecule has 0 saturated heterocycles. The minimum absolute atomic E-state index is 0.154. The van der Waals surface area contributed by atoms with Crippen LogP contribution < -0.4 is 9.47 Å². The van der Waals surface area contributed by atoms with E-state index in [0.717, 1.165) is 37.6 Å². The molecule has 1 aromatic carbocycles. The Morgan fingerprint density at radius 2 is 1.56 bits per heavy atom. The third kappa shape index (κ3) is 2.49. The van der Waals surface area contributed by atoms with Gasteiger partial charge in [-0.05, 0) is 36.0 Å². The second-order valence-corrected chi connectivity index (χ2v) is 5.32. The summed E-state index contributed by atoms with van der Waals surface area (Å²) in [5.74, 6) is 1.78. The molecule has 0 fully saturated rings. The Hall–Kier alpha value is -1.18. The van der Waals surface area contributed by atoms with E-state index in [4.69, 9.17) is 9.47 Å². The maximum absolute atomic E-state index is 5.74. The molecule has 2 nitrogen and oxygen atoms in total. The van der Waals surface area contributed by atoms with Crippen molar-refractivity contribution < 1.29 is 9.47 Å². The molecule has 16 heavy (non-hydrogen) atoms. The number of rotatable bonds is 0. The predicted octanol–water partition coefficient (Wildman–Crippen LogP) is 3.54. The van der Waals surface area contributed by atoms with Crippen molar-refractivity contribution in [2.75, 3.05) is 13.2 Å². The van der Waals surface area contributed by atoms with E-state index in [1.54, 1.807) is 0 Å². The fourth-order valence-corrected chi connectivity index (χ4v) is 1.77. The third-order valence-electron chi connectivity index (χ3n) is 2.86. The first-order chi connectivity index (χ1) is 7.57. The smallest absolute Gasteiger partial charge is 0.161 e. The molecular formula is C14H20O2. The molecule has 1 heterocycles. The van der Waals surface area contributed by atoms with Crippen LogP contribution in [0.1, 0.15) is 39.2 Å².